The molecule has 57 heavy (non-hydrogen) atoms. The Labute approximate surface area is 341 Å². The van der Waals surface area contributed by atoms with Crippen LogP contribution in [0.3, 0.4) is 0 Å². The lowest BCUT2D eigenvalue weighted by Gasteiger charge is -2.27. The number of rotatable bonds is 31. The molecule has 0 N–H and O–H groups in total. The van der Waals surface area contributed by atoms with Crippen molar-refractivity contribution < 1.29 is 42.9 Å². The highest BCUT2D eigenvalue weighted by molar-refractivity contribution is 5.91. The van der Waals surface area contributed by atoms with E-state index >= 15 is 0 Å². The highest BCUT2D eigenvalue weighted by atomic mass is 16.5. The van der Waals surface area contributed by atoms with Crippen molar-refractivity contribution in [2.75, 3.05) is 19.8 Å². The molecule has 0 unspecified atom stereocenters. The second-order valence-electron chi connectivity index (χ2n) is 15.2. The van der Waals surface area contributed by atoms with Crippen molar-refractivity contribution in [1.82, 2.24) is 0 Å². The van der Waals surface area contributed by atoms with E-state index in [0.717, 1.165) is 77.2 Å². The van der Waals surface area contributed by atoms with Crippen LogP contribution in [-0.4, -0.2) is 49.8 Å². The van der Waals surface area contributed by atoms with E-state index in [1.54, 1.807) is 24.3 Å². The van der Waals surface area contributed by atoms with Crippen molar-refractivity contribution in [1.29, 1.82) is 0 Å². The Morgan fingerprint density at radius 3 is 1.40 bits per heavy atom. The van der Waals surface area contributed by atoms with Gasteiger partial charge in [-0.25, -0.2) is 14.4 Å². The van der Waals surface area contributed by atoms with Crippen LogP contribution < -0.4 is 9.47 Å². The lowest BCUT2D eigenvalue weighted by molar-refractivity contribution is -0.141. The molecule has 9 nitrogen and oxygen atoms in total. The molecular weight excluding hydrogens is 721 g/mol. The fraction of sp³-hybridized carbons (Fsp3) is 0.583. The third kappa shape index (κ3) is 21.8. The van der Waals surface area contributed by atoms with Crippen LogP contribution in [0.1, 0.15) is 157 Å². The summed E-state index contributed by atoms with van der Waals surface area (Å²) in [7, 11) is 0. The summed E-state index contributed by atoms with van der Waals surface area (Å²) in [5.74, 6) is -0.631. The van der Waals surface area contributed by atoms with Gasteiger partial charge in [-0.15, -0.1) is 0 Å². The van der Waals surface area contributed by atoms with E-state index in [4.69, 9.17) is 23.7 Å². The van der Waals surface area contributed by atoms with Crippen molar-refractivity contribution in [2.45, 2.75) is 154 Å². The van der Waals surface area contributed by atoms with E-state index in [0.29, 0.717) is 30.3 Å². The maximum Gasteiger partial charge on any atom is 0.343 e. The molecule has 2 aromatic rings. The third-order valence-electron chi connectivity index (χ3n) is 10.5. The van der Waals surface area contributed by atoms with E-state index in [-0.39, 0.29) is 29.9 Å². The molecule has 314 valence electrons. The molecule has 0 spiro atoms. The fourth-order valence-electron chi connectivity index (χ4n) is 7.04. The zero-order valence-electron chi connectivity index (χ0n) is 34.4. The monoisotopic (exact) mass is 788 g/mol. The average molecular weight is 789 g/mol. The highest BCUT2D eigenvalue weighted by Crippen LogP contribution is 2.29. The largest absolute Gasteiger partial charge is 0.463 e. The number of aryl methyl sites for hydroxylation is 1. The predicted octanol–water partition coefficient (Wildman–Crippen LogP) is 11.4. The quantitative estimate of drug-likeness (QED) is 0.0319. The van der Waals surface area contributed by atoms with Crippen LogP contribution in [0.25, 0.3) is 0 Å². The fourth-order valence-corrected chi connectivity index (χ4v) is 7.04. The van der Waals surface area contributed by atoms with E-state index < -0.39 is 5.97 Å². The first-order chi connectivity index (χ1) is 27.9. The average Bonchev–Trinajstić information content (AvgIpc) is 3.23. The smallest absolute Gasteiger partial charge is 0.343 e. The first kappa shape index (κ1) is 47.1. The molecule has 1 fully saturated rings. The Morgan fingerprint density at radius 1 is 0.509 bits per heavy atom. The van der Waals surface area contributed by atoms with Crippen LogP contribution in [-0.2, 0) is 35.0 Å². The Morgan fingerprint density at radius 2 is 0.930 bits per heavy atom. The van der Waals surface area contributed by atoms with Gasteiger partial charge in [-0.05, 0) is 99.7 Å². The number of ether oxygens (including phenoxy) is 5. The Bertz CT molecular complexity index is 1440. The SMILES string of the molecule is C=CC(=O)OCCCCCCCCCCCOC1CCC(C(=O)Oc2ccc(OC(=O)c3ccc(CCCCCCCCCCCOC(=O)C=C)cc3)cc2)CC1. The van der Waals surface area contributed by atoms with Gasteiger partial charge in [-0.1, -0.05) is 115 Å². The Kier molecular flexibility index (Phi) is 24.7. The summed E-state index contributed by atoms with van der Waals surface area (Å²) in [5, 5.41) is 0. The van der Waals surface area contributed by atoms with Crippen molar-refractivity contribution >= 4 is 23.9 Å². The van der Waals surface area contributed by atoms with E-state index in [2.05, 4.69) is 13.2 Å². The van der Waals surface area contributed by atoms with Crippen LogP contribution >= 0.6 is 0 Å². The molecule has 0 aliphatic heterocycles. The van der Waals surface area contributed by atoms with Crippen molar-refractivity contribution in [3.05, 3.63) is 85.0 Å². The second-order valence-corrected chi connectivity index (χ2v) is 15.2. The van der Waals surface area contributed by atoms with Gasteiger partial charge >= 0.3 is 23.9 Å². The molecule has 0 amide bonds. The van der Waals surface area contributed by atoms with Gasteiger partial charge in [0.15, 0.2) is 0 Å². The van der Waals surface area contributed by atoms with Gasteiger partial charge in [-0.3, -0.25) is 4.79 Å². The summed E-state index contributed by atoms with van der Waals surface area (Å²) in [5.41, 5.74) is 1.70. The topological polar surface area (TPSA) is 114 Å². The van der Waals surface area contributed by atoms with Crippen LogP contribution in [0.2, 0.25) is 0 Å². The second kappa shape index (κ2) is 29.9. The first-order valence-corrected chi connectivity index (χ1v) is 21.7. The molecular formula is C48H68O9. The highest BCUT2D eigenvalue weighted by Gasteiger charge is 2.28. The van der Waals surface area contributed by atoms with Gasteiger partial charge < -0.3 is 23.7 Å². The summed E-state index contributed by atoms with van der Waals surface area (Å²) in [6, 6.07) is 14.3. The molecule has 1 aliphatic carbocycles. The van der Waals surface area contributed by atoms with Crippen LogP contribution in [0.15, 0.2) is 73.8 Å². The van der Waals surface area contributed by atoms with E-state index in [1.807, 2.05) is 24.3 Å². The normalized spacial score (nSPS) is 15.0. The van der Waals surface area contributed by atoms with Crippen molar-refractivity contribution in [3.63, 3.8) is 0 Å². The Hall–Kier alpha value is -4.24. The molecule has 0 heterocycles. The van der Waals surface area contributed by atoms with Crippen LogP contribution in [0.4, 0.5) is 0 Å². The van der Waals surface area contributed by atoms with Crippen molar-refractivity contribution in [3.8, 4) is 11.5 Å². The first-order valence-electron chi connectivity index (χ1n) is 21.7. The number of esters is 4. The van der Waals surface area contributed by atoms with Crippen LogP contribution in [0, 0.1) is 5.92 Å². The number of carbonyl (C=O) groups is 4. The summed E-state index contributed by atoms with van der Waals surface area (Å²) in [6.45, 7) is 8.53. The molecule has 2 aromatic carbocycles. The zero-order valence-corrected chi connectivity index (χ0v) is 34.4. The molecule has 0 aromatic heterocycles. The number of benzene rings is 2. The van der Waals surface area contributed by atoms with Gasteiger partial charge in [0.2, 0.25) is 0 Å². The summed E-state index contributed by atoms with van der Waals surface area (Å²) in [6.07, 6.45) is 27.6. The number of hydrogen-bond donors (Lipinski definition) is 0. The van der Waals surface area contributed by atoms with Crippen molar-refractivity contribution in [2.24, 2.45) is 5.92 Å². The maximum absolute atomic E-state index is 12.9. The van der Waals surface area contributed by atoms with Crippen LogP contribution in [0.5, 0.6) is 11.5 Å². The van der Waals surface area contributed by atoms with Gasteiger partial charge in [0.05, 0.1) is 30.8 Å². The minimum absolute atomic E-state index is 0.136. The molecule has 0 bridgehead atoms. The molecule has 1 saturated carbocycles. The molecule has 0 radical (unpaired) electrons. The van der Waals surface area contributed by atoms with Gasteiger partial charge in [-0.2, -0.15) is 0 Å². The predicted molar refractivity (Wildman–Crippen MR) is 224 cm³/mol. The number of unbranched alkanes of at least 4 members (excludes halogenated alkanes) is 16. The lowest BCUT2D eigenvalue weighted by atomic mass is 9.87. The van der Waals surface area contributed by atoms with E-state index in [1.165, 1.54) is 94.8 Å². The molecule has 3 rings (SSSR count). The van der Waals surface area contributed by atoms with Gasteiger partial charge in [0.1, 0.15) is 11.5 Å². The Balaban J connectivity index is 1.17. The molecule has 0 saturated heterocycles. The van der Waals surface area contributed by atoms with E-state index in [9.17, 15) is 19.2 Å². The minimum Gasteiger partial charge on any atom is -0.463 e. The number of carbonyl (C=O) groups excluding carboxylic acids is 4. The standard InChI is InChI=1S/C48H68O9/c1-3-45(49)54-37-21-17-13-8-5-7-11-15-19-23-39-24-26-40(27-25-39)47(51)56-43-32-34-44(35-33-43)57-48(52)41-28-30-42(31-29-41)53-36-20-16-12-9-6-10-14-18-22-38-55-46(50)4-2/h3-4,24-27,32-35,41-42H,1-2,5-23,28-31,36-38H2. The summed E-state index contributed by atoms with van der Waals surface area (Å²) >= 11 is 0. The third-order valence-corrected chi connectivity index (χ3v) is 10.5. The lowest BCUT2D eigenvalue weighted by Crippen LogP contribution is -2.29. The molecule has 1 aliphatic rings. The number of hydrogen-bond acceptors (Lipinski definition) is 9. The minimum atomic E-state index is -0.423. The summed E-state index contributed by atoms with van der Waals surface area (Å²) in [4.78, 5) is 47.7. The molecule has 0 atom stereocenters. The van der Waals surface area contributed by atoms with Gasteiger partial charge in [0.25, 0.3) is 0 Å². The molecule has 9 heteroatoms. The maximum atomic E-state index is 12.9. The summed E-state index contributed by atoms with van der Waals surface area (Å²) < 4.78 is 27.4. The zero-order chi connectivity index (χ0) is 40.8. The van der Waals surface area contributed by atoms with Gasteiger partial charge in [0, 0.05) is 18.8 Å².